The Kier molecular flexibility index (Phi) is 34.4. The molecule has 0 radical (unpaired) electrons. The van der Waals surface area contributed by atoms with Gasteiger partial charge in [-0.2, -0.15) is 0 Å². The lowest BCUT2D eigenvalue weighted by Gasteiger charge is -2.28. The number of hydrogen-bond donors (Lipinski definition) is 0. The van der Waals surface area contributed by atoms with Crippen LogP contribution in [0.2, 0.25) is 0 Å². The predicted molar refractivity (Wildman–Crippen MR) is 214 cm³/mol. The Morgan fingerprint density at radius 2 is 0.667 bits per heavy atom. The topological polar surface area (TPSA) is 26.3 Å². The van der Waals surface area contributed by atoms with Crippen molar-refractivity contribution in [3.63, 3.8) is 0 Å². The van der Waals surface area contributed by atoms with Crippen molar-refractivity contribution in [3.05, 3.63) is 36.1 Å². The highest BCUT2D eigenvalue weighted by Gasteiger charge is 2.36. The Hall–Kier alpha value is -1.31. The number of carbonyl (C=O) groups excluding carboxylic acids is 1. The lowest BCUT2D eigenvalue weighted by atomic mass is 9.93. The average Bonchev–Trinajstić information content (AvgIpc) is 3.09. The highest BCUT2D eigenvalue weighted by molar-refractivity contribution is 5.82. The number of esters is 1. The number of cyclic esters (lactones) is 1. The number of hydrogen-bond acceptors (Lipinski definition) is 2. The molecule has 0 bridgehead atoms. The number of carbonyl (C=O) groups is 1. The van der Waals surface area contributed by atoms with Gasteiger partial charge in [0.1, 0.15) is 11.7 Å². The molecule has 0 aromatic rings. The SMILES string of the molecule is C/C=C/CCCCCCCCCCCCCCCCCC/C=C1/OC(=O)C1CCCCCCCCCCCCCCCCCC/C=C/C. The normalized spacial score (nSPS) is 15.7. The third-order valence-electron chi connectivity index (χ3n) is 10.6. The van der Waals surface area contributed by atoms with Crippen molar-refractivity contribution in [1.29, 1.82) is 0 Å². The summed E-state index contributed by atoms with van der Waals surface area (Å²) >= 11 is 0. The molecular formula is C46H84O2. The van der Waals surface area contributed by atoms with Crippen LogP contribution in [0.5, 0.6) is 0 Å². The minimum Gasteiger partial charge on any atom is -0.430 e. The summed E-state index contributed by atoms with van der Waals surface area (Å²) in [6.45, 7) is 4.24. The molecule has 280 valence electrons. The Bertz CT molecular complexity index is 762. The predicted octanol–water partition coefficient (Wildman–Crippen LogP) is 16.2. The summed E-state index contributed by atoms with van der Waals surface area (Å²) in [5.74, 6) is 1.08. The quantitative estimate of drug-likeness (QED) is 0.0372. The summed E-state index contributed by atoms with van der Waals surface area (Å²) < 4.78 is 5.40. The second kappa shape index (κ2) is 37.0. The zero-order valence-corrected chi connectivity index (χ0v) is 32.7. The van der Waals surface area contributed by atoms with Crippen LogP contribution in [0, 0.1) is 5.92 Å². The fourth-order valence-corrected chi connectivity index (χ4v) is 7.31. The zero-order chi connectivity index (χ0) is 34.4. The van der Waals surface area contributed by atoms with Crippen molar-refractivity contribution in [1.82, 2.24) is 0 Å². The minimum atomic E-state index is 0.0209. The van der Waals surface area contributed by atoms with Crippen LogP contribution in [0.25, 0.3) is 0 Å². The van der Waals surface area contributed by atoms with Gasteiger partial charge in [0.2, 0.25) is 0 Å². The first-order valence-electron chi connectivity index (χ1n) is 21.9. The van der Waals surface area contributed by atoms with E-state index in [1.807, 2.05) is 0 Å². The van der Waals surface area contributed by atoms with Crippen LogP contribution in [0.1, 0.15) is 245 Å². The molecule has 0 aliphatic carbocycles. The van der Waals surface area contributed by atoms with Crippen LogP contribution < -0.4 is 0 Å². The third kappa shape index (κ3) is 29.6. The zero-order valence-electron chi connectivity index (χ0n) is 32.7. The molecule has 1 aliphatic heterocycles. The van der Waals surface area contributed by atoms with Crippen LogP contribution >= 0.6 is 0 Å². The molecule has 1 unspecified atom stereocenters. The van der Waals surface area contributed by atoms with E-state index in [4.69, 9.17) is 4.74 Å². The monoisotopic (exact) mass is 669 g/mol. The lowest BCUT2D eigenvalue weighted by Crippen LogP contribution is -2.32. The maximum atomic E-state index is 12.0. The van der Waals surface area contributed by atoms with Gasteiger partial charge < -0.3 is 4.74 Å². The summed E-state index contributed by atoms with van der Waals surface area (Å²) in [4.78, 5) is 12.0. The highest BCUT2D eigenvalue weighted by Crippen LogP contribution is 2.32. The largest absolute Gasteiger partial charge is 0.430 e. The van der Waals surface area contributed by atoms with Crippen LogP contribution in [0.4, 0.5) is 0 Å². The molecule has 0 aromatic carbocycles. The van der Waals surface area contributed by atoms with E-state index in [0.717, 1.165) is 18.6 Å². The van der Waals surface area contributed by atoms with Gasteiger partial charge in [0.05, 0.1) is 0 Å². The molecule has 1 aliphatic rings. The summed E-state index contributed by atoms with van der Waals surface area (Å²) in [7, 11) is 0. The molecule has 1 fully saturated rings. The molecule has 1 rings (SSSR count). The molecule has 0 saturated carbocycles. The summed E-state index contributed by atoms with van der Waals surface area (Å²) in [5.41, 5.74) is 0. The summed E-state index contributed by atoms with van der Waals surface area (Å²) in [6.07, 6.45) is 60.4. The number of unbranched alkanes of at least 4 members (excludes halogenated alkanes) is 33. The van der Waals surface area contributed by atoms with Crippen molar-refractivity contribution in [2.24, 2.45) is 5.92 Å². The molecule has 0 N–H and O–H groups in total. The van der Waals surface area contributed by atoms with Gasteiger partial charge in [-0.15, -0.1) is 0 Å². The van der Waals surface area contributed by atoms with Gasteiger partial charge in [-0.3, -0.25) is 4.79 Å². The molecule has 1 saturated heterocycles. The minimum absolute atomic E-state index is 0.0209. The Morgan fingerprint density at radius 3 is 0.958 bits per heavy atom. The van der Waals surface area contributed by atoms with Gasteiger partial charge in [-0.05, 0) is 64.9 Å². The van der Waals surface area contributed by atoms with Gasteiger partial charge in [-0.25, -0.2) is 0 Å². The molecule has 1 heterocycles. The van der Waals surface area contributed by atoms with E-state index < -0.39 is 0 Å². The van der Waals surface area contributed by atoms with Crippen molar-refractivity contribution < 1.29 is 9.53 Å². The summed E-state index contributed by atoms with van der Waals surface area (Å²) in [5, 5.41) is 0. The summed E-state index contributed by atoms with van der Waals surface area (Å²) in [6, 6.07) is 0. The fraction of sp³-hybridized carbons (Fsp3) is 0.848. The Balaban J connectivity index is 1.79. The molecule has 2 nitrogen and oxygen atoms in total. The maximum absolute atomic E-state index is 12.0. The highest BCUT2D eigenvalue weighted by atomic mass is 16.6. The lowest BCUT2D eigenvalue weighted by molar-refractivity contribution is -0.157. The van der Waals surface area contributed by atoms with Gasteiger partial charge in [0.25, 0.3) is 0 Å². The van der Waals surface area contributed by atoms with E-state index in [1.54, 1.807) is 0 Å². The van der Waals surface area contributed by atoms with Gasteiger partial charge in [0.15, 0.2) is 0 Å². The van der Waals surface area contributed by atoms with E-state index in [9.17, 15) is 4.79 Å². The first-order chi connectivity index (χ1) is 23.8. The van der Waals surface area contributed by atoms with Gasteiger partial charge in [0, 0.05) is 0 Å². The fourth-order valence-electron chi connectivity index (χ4n) is 7.31. The second-order valence-corrected chi connectivity index (χ2v) is 15.2. The van der Waals surface area contributed by atoms with Crippen molar-refractivity contribution in [2.75, 3.05) is 0 Å². The molecule has 1 atom stereocenters. The molecule has 0 spiro atoms. The second-order valence-electron chi connectivity index (χ2n) is 15.2. The third-order valence-corrected chi connectivity index (χ3v) is 10.6. The Labute approximate surface area is 301 Å². The smallest absolute Gasteiger partial charge is 0.321 e. The van der Waals surface area contributed by atoms with Crippen LogP contribution in [0.3, 0.4) is 0 Å². The molecule has 48 heavy (non-hydrogen) atoms. The van der Waals surface area contributed by atoms with Crippen molar-refractivity contribution in [2.45, 2.75) is 245 Å². The van der Waals surface area contributed by atoms with Crippen LogP contribution in [0.15, 0.2) is 36.1 Å². The number of allylic oxidation sites excluding steroid dienone is 5. The van der Waals surface area contributed by atoms with Gasteiger partial charge >= 0.3 is 5.97 Å². The van der Waals surface area contributed by atoms with E-state index >= 15 is 0 Å². The molecule has 0 amide bonds. The number of rotatable bonds is 38. The molecule has 0 aromatic heterocycles. The van der Waals surface area contributed by atoms with Crippen molar-refractivity contribution >= 4 is 5.97 Å². The molecular weight excluding hydrogens is 585 g/mol. The Morgan fingerprint density at radius 1 is 0.396 bits per heavy atom. The van der Waals surface area contributed by atoms with E-state index in [0.29, 0.717) is 0 Å². The first kappa shape index (κ1) is 44.7. The standard InChI is InChI=1S/C46H84O2/c1-3-5-7-9-11-13-15-17-19-21-23-25-27-29-31-33-35-37-39-41-43-45-44(46(47)48-45)42-40-38-36-34-32-30-28-26-24-22-20-18-16-14-12-10-8-6-4-2/h3-6,43-44H,7-42H2,1-2H3/b5-3+,6-4+,45-43+. The van der Waals surface area contributed by atoms with Gasteiger partial charge in [-0.1, -0.05) is 211 Å². The first-order valence-corrected chi connectivity index (χ1v) is 21.9. The van der Waals surface area contributed by atoms with Crippen LogP contribution in [-0.4, -0.2) is 5.97 Å². The van der Waals surface area contributed by atoms with Crippen LogP contribution in [-0.2, 0) is 9.53 Å². The van der Waals surface area contributed by atoms with E-state index in [2.05, 4.69) is 44.2 Å². The van der Waals surface area contributed by atoms with E-state index in [-0.39, 0.29) is 11.9 Å². The van der Waals surface area contributed by atoms with E-state index in [1.165, 1.54) is 218 Å². The van der Waals surface area contributed by atoms with Crippen molar-refractivity contribution in [3.8, 4) is 0 Å². The average molecular weight is 669 g/mol. The number of ether oxygens (including phenoxy) is 1. The molecule has 2 heteroatoms. The maximum Gasteiger partial charge on any atom is 0.321 e.